The lowest BCUT2D eigenvalue weighted by molar-refractivity contribution is 0.0784. The maximum atomic E-state index is 11.9. The highest BCUT2D eigenvalue weighted by Crippen LogP contribution is 2.13. The van der Waals surface area contributed by atoms with Gasteiger partial charge in [-0.1, -0.05) is 22.0 Å². The van der Waals surface area contributed by atoms with Crippen molar-refractivity contribution in [1.82, 2.24) is 4.90 Å². The van der Waals surface area contributed by atoms with Crippen LogP contribution in [0.15, 0.2) is 28.7 Å². The molecule has 0 heterocycles. The number of rotatable bonds is 3. The fourth-order valence-corrected chi connectivity index (χ4v) is 1.62. The summed E-state index contributed by atoms with van der Waals surface area (Å²) in [6.45, 7) is 2.52. The van der Waals surface area contributed by atoms with E-state index in [1.165, 1.54) is 4.90 Å². The lowest BCUT2D eigenvalue weighted by Gasteiger charge is -2.17. The lowest BCUT2D eigenvalue weighted by Crippen LogP contribution is -2.31. The summed E-state index contributed by atoms with van der Waals surface area (Å²) < 4.78 is 0.862. The molecule has 0 atom stereocenters. The third-order valence-corrected chi connectivity index (χ3v) is 2.50. The number of benzene rings is 1. The Bertz CT molecular complexity index is 398. The maximum absolute atomic E-state index is 11.9. The van der Waals surface area contributed by atoms with Gasteiger partial charge in [0, 0.05) is 16.6 Å². The van der Waals surface area contributed by atoms with Gasteiger partial charge in [-0.05, 0) is 25.1 Å². The van der Waals surface area contributed by atoms with Gasteiger partial charge in [-0.3, -0.25) is 4.79 Å². The number of halogens is 1. The van der Waals surface area contributed by atoms with Crippen molar-refractivity contribution < 1.29 is 4.79 Å². The number of nitriles is 1. The van der Waals surface area contributed by atoms with Crippen LogP contribution in [0.5, 0.6) is 0 Å². The zero-order chi connectivity index (χ0) is 11.3. The van der Waals surface area contributed by atoms with Gasteiger partial charge in [0.25, 0.3) is 5.91 Å². The summed E-state index contributed by atoms with van der Waals surface area (Å²) in [7, 11) is 0. The van der Waals surface area contributed by atoms with Gasteiger partial charge in [0.1, 0.15) is 6.54 Å². The largest absolute Gasteiger partial charge is 0.326 e. The summed E-state index contributed by atoms with van der Waals surface area (Å²) >= 11 is 3.30. The van der Waals surface area contributed by atoms with Gasteiger partial charge in [-0.15, -0.1) is 0 Å². The van der Waals surface area contributed by atoms with Crippen LogP contribution in [0, 0.1) is 11.3 Å². The standard InChI is InChI=1S/C11H11BrN2O/c1-2-14(7-6-13)11(15)9-4-3-5-10(12)8-9/h3-5,8H,2,7H2,1H3. The SMILES string of the molecule is CCN(CC#N)C(=O)c1cccc(Br)c1. The second-order valence-corrected chi connectivity index (χ2v) is 3.90. The van der Waals surface area contributed by atoms with Crippen LogP contribution in [0.4, 0.5) is 0 Å². The number of nitrogens with zero attached hydrogens (tertiary/aromatic N) is 2. The van der Waals surface area contributed by atoms with Gasteiger partial charge in [0.05, 0.1) is 6.07 Å². The second-order valence-electron chi connectivity index (χ2n) is 2.99. The van der Waals surface area contributed by atoms with E-state index in [4.69, 9.17) is 5.26 Å². The monoisotopic (exact) mass is 266 g/mol. The predicted molar refractivity (Wildman–Crippen MR) is 61.3 cm³/mol. The molecule has 1 aromatic carbocycles. The normalized spacial score (nSPS) is 9.40. The molecule has 15 heavy (non-hydrogen) atoms. The Labute approximate surface area is 97.4 Å². The van der Waals surface area contributed by atoms with E-state index in [2.05, 4.69) is 15.9 Å². The molecule has 0 radical (unpaired) electrons. The Morgan fingerprint density at radius 2 is 2.33 bits per heavy atom. The Morgan fingerprint density at radius 3 is 2.87 bits per heavy atom. The van der Waals surface area contributed by atoms with Gasteiger partial charge in [-0.25, -0.2) is 0 Å². The van der Waals surface area contributed by atoms with Gasteiger partial charge >= 0.3 is 0 Å². The zero-order valence-corrected chi connectivity index (χ0v) is 9.99. The minimum Gasteiger partial charge on any atom is -0.326 e. The maximum Gasteiger partial charge on any atom is 0.254 e. The summed E-state index contributed by atoms with van der Waals surface area (Å²) in [6.07, 6.45) is 0. The molecule has 0 N–H and O–H groups in total. The molecule has 78 valence electrons. The summed E-state index contributed by atoms with van der Waals surface area (Å²) in [5.41, 5.74) is 0.599. The van der Waals surface area contributed by atoms with E-state index in [-0.39, 0.29) is 12.5 Å². The number of amides is 1. The van der Waals surface area contributed by atoms with Crippen LogP contribution in [0.2, 0.25) is 0 Å². The Balaban J connectivity index is 2.88. The number of carbonyl (C=O) groups excluding carboxylic acids is 1. The summed E-state index contributed by atoms with van der Waals surface area (Å²) in [6, 6.07) is 9.13. The summed E-state index contributed by atoms with van der Waals surface area (Å²) in [5.74, 6) is -0.111. The molecule has 3 nitrogen and oxygen atoms in total. The topological polar surface area (TPSA) is 44.1 Å². The first kappa shape index (κ1) is 11.7. The van der Waals surface area contributed by atoms with Crippen molar-refractivity contribution in [3.63, 3.8) is 0 Å². The molecule has 0 saturated carbocycles. The Morgan fingerprint density at radius 1 is 1.60 bits per heavy atom. The Hall–Kier alpha value is -1.34. The van der Waals surface area contributed by atoms with E-state index in [1.807, 2.05) is 19.1 Å². The van der Waals surface area contributed by atoms with Crippen molar-refractivity contribution in [3.05, 3.63) is 34.3 Å². The molecule has 0 unspecified atom stereocenters. The van der Waals surface area contributed by atoms with E-state index in [9.17, 15) is 4.79 Å². The molecule has 1 rings (SSSR count). The van der Waals surface area contributed by atoms with Crippen LogP contribution >= 0.6 is 15.9 Å². The molecule has 0 fully saturated rings. The van der Waals surface area contributed by atoms with Crippen molar-refractivity contribution in [1.29, 1.82) is 5.26 Å². The van der Waals surface area contributed by atoms with Crippen LogP contribution in [0.1, 0.15) is 17.3 Å². The van der Waals surface area contributed by atoms with Gasteiger partial charge in [0.2, 0.25) is 0 Å². The van der Waals surface area contributed by atoms with E-state index >= 15 is 0 Å². The van der Waals surface area contributed by atoms with E-state index in [0.29, 0.717) is 12.1 Å². The van der Waals surface area contributed by atoms with E-state index < -0.39 is 0 Å². The van der Waals surface area contributed by atoms with Crippen LogP contribution in [0.3, 0.4) is 0 Å². The second kappa shape index (κ2) is 5.52. The Kier molecular flexibility index (Phi) is 4.32. The number of carbonyl (C=O) groups is 1. The van der Waals surface area contributed by atoms with Gasteiger partial charge < -0.3 is 4.90 Å². The molecule has 4 heteroatoms. The first-order chi connectivity index (χ1) is 7.19. The van der Waals surface area contributed by atoms with Crippen LogP contribution < -0.4 is 0 Å². The van der Waals surface area contributed by atoms with Crippen molar-refractivity contribution in [2.75, 3.05) is 13.1 Å². The minimum atomic E-state index is -0.111. The molecule has 1 amide bonds. The molecular formula is C11H11BrN2O. The molecule has 0 aliphatic heterocycles. The van der Waals surface area contributed by atoms with Crippen LogP contribution in [0.25, 0.3) is 0 Å². The van der Waals surface area contributed by atoms with Gasteiger partial charge in [0.15, 0.2) is 0 Å². The third kappa shape index (κ3) is 3.07. The molecule has 0 aromatic heterocycles. The van der Waals surface area contributed by atoms with Crippen molar-refractivity contribution in [2.45, 2.75) is 6.92 Å². The fourth-order valence-electron chi connectivity index (χ4n) is 1.22. The smallest absolute Gasteiger partial charge is 0.254 e. The molecule has 0 spiro atoms. The highest BCUT2D eigenvalue weighted by atomic mass is 79.9. The molecule has 0 bridgehead atoms. The number of hydrogen-bond donors (Lipinski definition) is 0. The summed E-state index contributed by atoms with van der Waals surface area (Å²) in [4.78, 5) is 13.4. The fraction of sp³-hybridized carbons (Fsp3) is 0.273. The van der Waals surface area contributed by atoms with Gasteiger partial charge in [-0.2, -0.15) is 5.26 Å². The average Bonchev–Trinajstić information content (AvgIpc) is 2.25. The van der Waals surface area contributed by atoms with E-state index in [0.717, 1.165) is 4.47 Å². The van der Waals surface area contributed by atoms with Crippen molar-refractivity contribution >= 4 is 21.8 Å². The summed E-state index contributed by atoms with van der Waals surface area (Å²) in [5, 5.41) is 8.57. The molecule has 1 aromatic rings. The average molecular weight is 267 g/mol. The highest BCUT2D eigenvalue weighted by Gasteiger charge is 2.13. The molecule has 0 aliphatic rings. The third-order valence-electron chi connectivity index (χ3n) is 2.00. The first-order valence-corrected chi connectivity index (χ1v) is 5.40. The number of hydrogen-bond acceptors (Lipinski definition) is 2. The lowest BCUT2D eigenvalue weighted by atomic mass is 10.2. The molecular weight excluding hydrogens is 256 g/mol. The first-order valence-electron chi connectivity index (χ1n) is 4.60. The quantitative estimate of drug-likeness (QED) is 0.789. The predicted octanol–water partition coefficient (Wildman–Crippen LogP) is 2.43. The zero-order valence-electron chi connectivity index (χ0n) is 8.40. The van der Waals surface area contributed by atoms with Crippen molar-refractivity contribution in [3.8, 4) is 6.07 Å². The minimum absolute atomic E-state index is 0.111. The molecule has 0 saturated heterocycles. The van der Waals surface area contributed by atoms with Crippen LogP contribution in [-0.4, -0.2) is 23.9 Å². The van der Waals surface area contributed by atoms with E-state index in [1.54, 1.807) is 18.2 Å². The van der Waals surface area contributed by atoms with Crippen molar-refractivity contribution in [2.24, 2.45) is 0 Å². The molecule has 0 aliphatic carbocycles. The highest BCUT2D eigenvalue weighted by molar-refractivity contribution is 9.10. The van der Waals surface area contributed by atoms with Crippen LogP contribution in [-0.2, 0) is 0 Å².